The first-order chi connectivity index (χ1) is 6.34. The van der Waals surface area contributed by atoms with E-state index in [0.717, 1.165) is 0 Å². The van der Waals surface area contributed by atoms with Crippen molar-refractivity contribution in [3.05, 3.63) is 0 Å². The second kappa shape index (κ2) is 5.78. The Morgan fingerprint density at radius 1 is 1.14 bits per heavy atom. The van der Waals surface area contributed by atoms with Crippen LogP contribution in [-0.4, -0.2) is 17.7 Å². The van der Waals surface area contributed by atoms with E-state index in [1.54, 1.807) is 0 Å². The van der Waals surface area contributed by atoms with E-state index in [2.05, 4.69) is 5.32 Å². The van der Waals surface area contributed by atoms with Gasteiger partial charge in [0.1, 0.15) is 5.78 Å². The molecule has 14 heavy (non-hydrogen) atoms. The zero-order valence-corrected chi connectivity index (χ0v) is 9.76. The zero-order chi connectivity index (χ0) is 11.3. The third kappa shape index (κ3) is 5.00. The monoisotopic (exact) mass is 199 g/mol. The van der Waals surface area contributed by atoms with Crippen molar-refractivity contribution in [2.75, 3.05) is 0 Å². The second-order valence-electron chi connectivity index (χ2n) is 4.42. The van der Waals surface area contributed by atoms with Crippen LogP contribution in [0.4, 0.5) is 0 Å². The predicted molar refractivity (Wildman–Crippen MR) is 56.9 cm³/mol. The van der Waals surface area contributed by atoms with Crippen molar-refractivity contribution in [1.82, 2.24) is 5.32 Å². The fourth-order valence-corrected chi connectivity index (χ4v) is 1.33. The Labute approximate surface area is 86.3 Å². The molecule has 0 aliphatic carbocycles. The molecule has 0 saturated carbocycles. The lowest BCUT2D eigenvalue weighted by Crippen LogP contribution is -2.38. The summed E-state index contributed by atoms with van der Waals surface area (Å²) in [7, 11) is 0. The molecule has 1 amide bonds. The first-order valence-corrected chi connectivity index (χ1v) is 5.14. The van der Waals surface area contributed by atoms with Crippen LogP contribution in [0.3, 0.4) is 0 Å². The van der Waals surface area contributed by atoms with Gasteiger partial charge in [-0.25, -0.2) is 0 Å². The minimum absolute atomic E-state index is 0.00907. The number of amides is 1. The summed E-state index contributed by atoms with van der Waals surface area (Å²) in [5, 5.41) is 2.84. The first-order valence-electron chi connectivity index (χ1n) is 5.14. The van der Waals surface area contributed by atoms with Crippen LogP contribution in [0.1, 0.15) is 41.0 Å². The molecule has 0 saturated heterocycles. The maximum atomic E-state index is 11.7. The normalized spacial score (nSPS) is 13.1. The molecule has 1 N–H and O–H groups in total. The van der Waals surface area contributed by atoms with Crippen LogP contribution in [0.15, 0.2) is 0 Å². The Kier molecular flexibility index (Phi) is 5.43. The Bertz CT molecular complexity index is 209. The van der Waals surface area contributed by atoms with Crippen molar-refractivity contribution in [3.8, 4) is 0 Å². The van der Waals surface area contributed by atoms with Gasteiger partial charge in [-0.15, -0.1) is 0 Å². The molecule has 1 unspecified atom stereocenters. The summed E-state index contributed by atoms with van der Waals surface area (Å²) in [6.45, 7) is 9.30. The number of ketones is 1. The highest BCUT2D eigenvalue weighted by molar-refractivity contribution is 5.85. The molecule has 82 valence electrons. The number of carbonyl (C=O) groups is 2. The fourth-order valence-electron chi connectivity index (χ4n) is 1.33. The van der Waals surface area contributed by atoms with Crippen molar-refractivity contribution in [3.63, 3.8) is 0 Å². The van der Waals surface area contributed by atoms with E-state index in [4.69, 9.17) is 0 Å². The van der Waals surface area contributed by atoms with Gasteiger partial charge < -0.3 is 10.1 Å². The third-order valence-electron chi connectivity index (χ3n) is 2.08. The molecule has 3 heteroatoms. The molecule has 0 aliphatic heterocycles. The summed E-state index contributed by atoms with van der Waals surface area (Å²) in [6, 6.07) is 0.135. The molecule has 0 aliphatic rings. The molecule has 0 aromatic heterocycles. The lowest BCUT2D eigenvalue weighted by atomic mass is 9.90. The predicted octanol–water partition coefficient (Wildman–Crippen LogP) is 1.76. The summed E-state index contributed by atoms with van der Waals surface area (Å²) in [4.78, 5) is 22.6. The van der Waals surface area contributed by atoms with Gasteiger partial charge in [-0.3, -0.25) is 4.79 Å². The quantitative estimate of drug-likeness (QED) is 0.733. The zero-order valence-electron chi connectivity index (χ0n) is 9.76. The van der Waals surface area contributed by atoms with Crippen LogP contribution in [0.5, 0.6) is 0 Å². The van der Waals surface area contributed by atoms with Gasteiger partial charge in [-0.1, -0.05) is 13.8 Å². The molecule has 0 spiro atoms. The van der Waals surface area contributed by atoms with Crippen molar-refractivity contribution in [2.45, 2.75) is 47.1 Å². The van der Waals surface area contributed by atoms with Crippen molar-refractivity contribution >= 4 is 11.7 Å². The van der Waals surface area contributed by atoms with Crippen LogP contribution in [0.25, 0.3) is 0 Å². The number of rotatable bonds is 5. The topological polar surface area (TPSA) is 46.2 Å². The van der Waals surface area contributed by atoms with Crippen molar-refractivity contribution in [1.29, 1.82) is 0 Å². The Hall–Kier alpha value is -0.860. The summed E-state index contributed by atoms with van der Waals surface area (Å²) < 4.78 is 0. The molecule has 0 rings (SSSR count). The number of hydrogen-bond donors (Lipinski definition) is 1. The fraction of sp³-hybridized carbons (Fsp3) is 0.818. The lowest BCUT2D eigenvalue weighted by Gasteiger charge is -2.20. The largest absolute Gasteiger partial charge is 0.354 e. The average Bonchev–Trinajstić information content (AvgIpc) is 1.97. The highest BCUT2D eigenvalue weighted by Crippen LogP contribution is 2.15. The van der Waals surface area contributed by atoms with E-state index in [1.807, 2.05) is 27.7 Å². The third-order valence-corrected chi connectivity index (χ3v) is 2.08. The van der Waals surface area contributed by atoms with Gasteiger partial charge in [0, 0.05) is 18.4 Å². The second-order valence-corrected chi connectivity index (χ2v) is 4.42. The molecule has 0 aromatic carbocycles. The molecule has 0 aromatic rings. The van der Waals surface area contributed by atoms with Crippen molar-refractivity contribution in [2.24, 2.45) is 11.8 Å². The molecule has 0 fully saturated rings. The van der Waals surface area contributed by atoms with Crippen molar-refractivity contribution < 1.29 is 9.59 Å². The van der Waals surface area contributed by atoms with Gasteiger partial charge in [0.2, 0.25) is 5.91 Å². The summed E-state index contributed by atoms with van der Waals surface area (Å²) >= 11 is 0. The van der Waals surface area contributed by atoms with E-state index in [1.165, 1.54) is 6.92 Å². The number of Topliss-reactive ketones (excluding diaryl/α,β-unsaturated/α-hetero) is 1. The SMILES string of the molecule is CC(=O)CC(C(=O)NC(C)C)C(C)C. The van der Waals surface area contributed by atoms with E-state index >= 15 is 0 Å². The lowest BCUT2D eigenvalue weighted by molar-refractivity contribution is -0.130. The van der Waals surface area contributed by atoms with Crippen LogP contribution >= 0.6 is 0 Å². The Morgan fingerprint density at radius 2 is 1.64 bits per heavy atom. The molecule has 3 nitrogen and oxygen atoms in total. The minimum atomic E-state index is -0.185. The molecular formula is C11H21NO2. The van der Waals surface area contributed by atoms with Crippen LogP contribution in [-0.2, 0) is 9.59 Å². The summed E-state index contributed by atoms with van der Waals surface area (Å²) in [5.41, 5.74) is 0. The maximum Gasteiger partial charge on any atom is 0.224 e. The molecule has 0 bridgehead atoms. The van der Waals surface area contributed by atoms with E-state index in [0.29, 0.717) is 6.42 Å². The Balaban J connectivity index is 4.33. The molecular weight excluding hydrogens is 178 g/mol. The van der Waals surface area contributed by atoms with Gasteiger partial charge in [-0.2, -0.15) is 0 Å². The highest BCUT2D eigenvalue weighted by atomic mass is 16.2. The van der Waals surface area contributed by atoms with Gasteiger partial charge in [0.25, 0.3) is 0 Å². The van der Waals surface area contributed by atoms with E-state index < -0.39 is 0 Å². The average molecular weight is 199 g/mol. The first kappa shape index (κ1) is 13.1. The number of nitrogens with one attached hydrogen (secondary N) is 1. The maximum absolute atomic E-state index is 11.7. The smallest absolute Gasteiger partial charge is 0.224 e. The Morgan fingerprint density at radius 3 is 1.93 bits per heavy atom. The summed E-state index contributed by atoms with van der Waals surface area (Å²) in [5.74, 6) is 0.0837. The van der Waals surface area contributed by atoms with E-state index in [9.17, 15) is 9.59 Å². The van der Waals surface area contributed by atoms with Gasteiger partial charge in [-0.05, 0) is 26.7 Å². The van der Waals surface area contributed by atoms with Crippen LogP contribution in [0, 0.1) is 11.8 Å². The summed E-state index contributed by atoms with van der Waals surface area (Å²) in [6.07, 6.45) is 0.343. The molecule has 0 radical (unpaired) electrons. The van der Waals surface area contributed by atoms with Crippen LogP contribution in [0.2, 0.25) is 0 Å². The highest BCUT2D eigenvalue weighted by Gasteiger charge is 2.23. The standard InChI is InChI=1S/C11H21NO2/c1-7(2)10(6-9(5)13)11(14)12-8(3)4/h7-8,10H,6H2,1-5H3,(H,12,14). The number of carbonyl (C=O) groups excluding carboxylic acids is 2. The van der Waals surface area contributed by atoms with E-state index in [-0.39, 0.29) is 29.6 Å². The van der Waals surface area contributed by atoms with Gasteiger partial charge in [0.05, 0.1) is 0 Å². The van der Waals surface area contributed by atoms with Crippen LogP contribution < -0.4 is 5.32 Å². The molecule has 0 heterocycles. The number of hydrogen-bond acceptors (Lipinski definition) is 2. The molecule has 1 atom stereocenters. The van der Waals surface area contributed by atoms with Gasteiger partial charge in [0.15, 0.2) is 0 Å². The minimum Gasteiger partial charge on any atom is -0.354 e. The van der Waals surface area contributed by atoms with Gasteiger partial charge >= 0.3 is 0 Å².